The predicted molar refractivity (Wildman–Crippen MR) is 105 cm³/mol. The summed E-state index contributed by atoms with van der Waals surface area (Å²) in [7, 11) is 0. The van der Waals surface area contributed by atoms with Gasteiger partial charge in [-0.1, -0.05) is 0 Å². The average Bonchev–Trinajstić information content (AvgIpc) is 2.70. The molecule has 0 radical (unpaired) electrons. The van der Waals surface area contributed by atoms with Gasteiger partial charge in [-0.2, -0.15) is 0 Å². The van der Waals surface area contributed by atoms with Gasteiger partial charge in [0, 0.05) is 37.2 Å². The number of hydrogen-bond donors (Lipinski definition) is 4. The minimum atomic E-state index is -1.71. The van der Waals surface area contributed by atoms with Crippen LogP contribution in [0.15, 0.2) is 24.3 Å². The molecule has 7 nitrogen and oxygen atoms in total. The molecule has 1 saturated heterocycles. The Morgan fingerprint density at radius 1 is 1.16 bits per heavy atom. The summed E-state index contributed by atoms with van der Waals surface area (Å²) < 4.78 is 48.0. The molecule has 0 saturated carbocycles. The largest absolute Gasteiger partial charge is 0.508 e. The molecular weight excluding hydrogens is 417 g/mol. The van der Waals surface area contributed by atoms with Gasteiger partial charge in [-0.25, -0.2) is 13.2 Å². The van der Waals surface area contributed by atoms with Crippen molar-refractivity contribution in [3.8, 4) is 11.5 Å². The Hall–Kier alpha value is -2.98. The molecule has 2 aliphatic rings. The van der Waals surface area contributed by atoms with Crippen molar-refractivity contribution < 1.29 is 38.0 Å². The van der Waals surface area contributed by atoms with E-state index in [1.165, 1.54) is 11.0 Å². The number of β-amino-alcohol motifs (C(OH)–C–C–N with tert-alkyl or cyclic N) is 1. The third-order valence-electron chi connectivity index (χ3n) is 5.71. The van der Waals surface area contributed by atoms with E-state index >= 15 is 0 Å². The quantitative estimate of drug-likeness (QED) is 0.583. The van der Waals surface area contributed by atoms with Crippen LogP contribution in [0.2, 0.25) is 0 Å². The van der Waals surface area contributed by atoms with E-state index in [0.29, 0.717) is 5.56 Å². The number of amides is 1. The van der Waals surface area contributed by atoms with Crippen molar-refractivity contribution in [2.45, 2.75) is 31.0 Å². The molecule has 4 N–H and O–H groups in total. The Labute approximate surface area is 175 Å². The van der Waals surface area contributed by atoms with Crippen LogP contribution in [0, 0.1) is 17.5 Å². The average molecular weight is 438 g/mol. The summed E-state index contributed by atoms with van der Waals surface area (Å²) in [5.74, 6) is -3.15. The van der Waals surface area contributed by atoms with Crippen molar-refractivity contribution in [3.05, 3.63) is 47.3 Å². The third kappa shape index (κ3) is 4.00. The first-order valence-corrected chi connectivity index (χ1v) is 9.75. The Morgan fingerprint density at radius 2 is 1.87 bits per heavy atom. The second kappa shape index (κ2) is 7.93. The van der Waals surface area contributed by atoms with E-state index in [2.05, 4.69) is 5.32 Å². The molecule has 2 aliphatic heterocycles. The fraction of sp³-hybridized carbons (Fsp3) is 0.381. The summed E-state index contributed by atoms with van der Waals surface area (Å²) in [4.78, 5) is 12.8. The first-order chi connectivity index (χ1) is 14.7. The first kappa shape index (κ1) is 21.3. The Morgan fingerprint density at radius 3 is 2.55 bits per heavy atom. The number of rotatable bonds is 4. The number of phenols is 1. The van der Waals surface area contributed by atoms with Crippen molar-refractivity contribution in [1.82, 2.24) is 0 Å². The van der Waals surface area contributed by atoms with Crippen LogP contribution in [-0.2, 0) is 11.2 Å². The van der Waals surface area contributed by atoms with Gasteiger partial charge < -0.3 is 30.3 Å². The second-order valence-corrected chi connectivity index (χ2v) is 7.81. The summed E-state index contributed by atoms with van der Waals surface area (Å²) >= 11 is 0. The zero-order valence-electron chi connectivity index (χ0n) is 16.4. The molecule has 1 amide bonds. The van der Waals surface area contributed by atoms with Crippen molar-refractivity contribution in [3.63, 3.8) is 0 Å². The number of halogens is 3. The third-order valence-corrected chi connectivity index (χ3v) is 5.71. The molecule has 2 atom stereocenters. The van der Waals surface area contributed by atoms with Crippen LogP contribution in [-0.4, -0.2) is 52.6 Å². The van der Waals surface area contributed by atoms with Crippen LogP contribution in [0.25, 0.3) is 0 Å². The minimum absolute atomic E-state index is 0.0209. The van der Waals surface area contributed by atoms with Crippen LogP contribution in [0.1, 0.15) is 18.4 Å². The van der Waals surface area contributed by atoms with Gasteiger partial charge in [0.2, 0.25) is 5.91 Å². The molecule has 2 aromatic carbocycles. The van der Waals surface area contributed by atoms with Crippen LogP contribution in [0.3, 0.4) is 0 Å². The number of phenolic OH excluding ortho intramolecular Hbond substituents is 1. The zero-order valence-corrected chi connectivity index (χ0v) is 16.4. The predicted octanol–water partition coefficient (Wildman–Crippen LogP) is 2.08. The molecule has 31 heavy (non-hydrogen) atoms. The summed E-state index contributed by atoms with van der Waals surface area (Å²) in [6.45, 7) is -0.586. The molecule has 0 bridgehead atoms. The van der Waals surface area contributed by atoms with Gasteiger partial charge in [0.25, 0.3) is 0 Å². The minimum Gasteiger partial charge on any atom is -0.508 e. The summed E-state index contributed by atoms with van der Waals surface area (Å²) in [5, 5.41) is 33.1. The lowest BCUT2D eigenvalue weighted by Gasteiger charge is -2.42. The molecule has 4 rings (SSSR count). The number of nitrogens with zero attached hydrogens (tertiary/aromatic N) is 1. The maximum Gasteiger partial charge on any atom is 0.224 e. The Balaban J connectivity index is 1.48. The summed E-state index contributed by atoms with van der Waals surface area (Å²) in [6.07, 6.45) is -1.03. The number of carbonyl (C=O) groups excluding carboxylic acids is 1. The Bertz CT molecular complexity index is 1010. The number of nitrogens with one attached hydrogen (secondary N) is 1. The van der Waals surface area contributed by atoms with Crippen LogP contribution in [0.4, 0.5) is 24.5 Å². The van der Waals surface area contributed by atoms with Gasteiger partial charge in [0.05, 0.1) is 5.69 Å². The highest BCUT2D eigenvalue weighted by molar-refractivity contribution is 5.94. The number of anilines is 2. The maximum atomic E-state index is 14.1. The highest BCUT2D eigenvalue weighted by atomic mass is 19.1. The van der Waals surface area contributed by atoms with E-state index in [-0.39, 0.29) is 56.3 Å². The highest BCUT2D eigenvalue weighted by Gasteiger charge is 2.43. The molecule has 0 aromatic heterocycles. The molecule has 2 heterocycles. The van der Waals surface area contributed by atoms with Gasteiger partial charge in [0.1, 0.15) is 41.3 Å². The summed E-state index contributed by atoms with van der Waals surface area (Å²) in [6, 6.07) is 4.06. The fourth-order valence-corrected chi connectivity index (χ4v) is 3.95. The fourth-order valence-electron chi connectivity index (χ4n) is 3.95. The van der Waals surface area contributed by atoms with Gasteiger partial charge >= 0.3 is 0 Å². The molecule has 0 aliphatic carbocycles. The monoisotopic (exact) mass is 438 g/mol. The number of aliphatic hydroxyl groups is 2. The zero-order chi connectivity index (χ0) is 22.3. The van der Waals surface area contributed by atoms with Crippen molar-refractivity contribution in [2.24, 2.45) is 0 Å². The molecule has 1 fully saturated rings. The maximum absolute atomic E-state index is 14.1. The van der Waals surface area contributed by atoms with Gasteiger partial charge in [-0.3, -0.25) is 4.79 Å². The van der Waals surface area contributed by atoms with E-state index in [9.17, 15) is 33.3 Å². The van der Waals surface area contributed by atoms with Crippen molar-refractivity contribution >= 4 is 17.3 Å². The number of ether oxygens (including phenoxy) is 1. The SMILES string of the molecule is O=C1CCc2c(OC[C@]3(O)CCN(c4c(F)cc(O)cc4F)C[C@H]3O)ccc(F)c2N1. The molecule has 166 valence electrons. The number of fused-ring (bicyclic) bond motifs is 1. The molecule has 0 spiro atoms. The number of hydrogen-bond acceptors (Lipinski definition) is 6. The molecule has 2 aromatic rings. The van der Waals surface area contributed by atoms with Crippen molar-refractivity contribution in [1.29, 1.82) is 0 Å². The summed E-state index contributed by atoms with van der Waals surface area (Å²) in [5.41, 5.74) is -1.61. The normalized spacial score (nSPS) is 23.3. The topological polar surface area (TPSA) is 102 Å². The van der Waals surface area contributed by atoms with Gasteiger partial charge in [-0.15, -0.1) is 0 Å². The number of piperidine rings is 1. The lowest BCUT2D eigenvalue weighted by Crippen LogP contribution is -2.58. The van der Waals surface area contributed by atoms with Gasteiger partial charge in [-0.05, 0) is 25.0 Å². The van der Waals surface area contributed by atoms with E-state index in [4.69, 9.17) is 4.74 Å². The number of aromatic hydroxyl groups is 1. The van der Waals surface area contributed by atoms with E-state index < -0.39 is 40.6 Å². The smallest absolute Gasteiger partial charge is 0.224 e. The van der Waals surface area contributed by atoms with Crippen LogP contribution in [0.5, 0.6) is 11.5 Å². The van der Waals surface area contributed by atoms with Crippen LogP contribution < -0.4 is 15.0 Å². The van der Waals surface area contributed by atoms with E-state index in [1.54, 1.807) is 0 Å². The molecule has 10 heteroatoms. The van der Waals surface area contributed by atoms with E-state index in [0.717, 1.165) is 18.2 Å². The second-order valence-electron chi connectivity index (χ2n) is 7.81. The molecular formula is C21H21F3N2O5. The van der Waals surface area contributed by atoms with Gasteiger partial charge in [0.15, 0.2) is 11.6 Å². The Kier molecular flexibility index (Phi) is 5.44. The molecule has 0 unspecified atom stereocenters. The lowest BCUT2D eigenvalue weighted by molar-refractivity contribution is -0.116. The lowest BCUT2D eigenvalue weighted by atomic mass is 9.89. The van der Waals surface area contributed by atoms with Crippen molar-refractivity contribution in [2.75, 3.05) is 29.9 Å². The number of benzene rings is 2. The number of carbonyl (C=O) groups is 1. The first-order valence-electron chi connectivity index (χ1n) is 9.75. The van der Waals surface area contributed by atoms with Crippen LogP contribution >= 0.6 is 0 Å². The number of aliphatic hydroxyl groups excluding tert-OH is 1. The highest BCUT2D eigenvalue weighted by Crippen LogP contribution is 2.36. The van der Waals surface area contributed by atoms with E-state index in [1.807, 2.05) is 0 Å². The standard InChI is InChI=1S/C21H21F3N2O5/c22-13-2-3-16(12-1-4-18(29)25-19(12)13)31-10-21(30)5-6-26(9-17(21)28)20-14(23)7-11(27)8-15(20)24/h2-3,7-8,17,27-28,30H,1,4-6,9-10H2,(H,25,29)/t17-,21-/m1/s1.